The minimum absolute atomic E-state index is 0.202. The fourth-order valence-corrected chi connectivity index (χ4v) is 2.02. The Morgan fingerprint density at radius 1 is 1.50 bits per heavy atom. The first-order chi connectivity index (χ1) is 8.56. The van der Waals surface area contributed by atoms with Gasteiger partial charge in [-0.05, 0) is 24.6 Å². The van der Waals surface area contributed by atoms with E-state index < -0.39 is 0 Å². The first-order valence-electron chi connectivity index (χ1n) is 6.05. The molecule has 4 nitrogen and oxygen atoms in total. The monoisotopic (exact) mass is 249 g/mol. The number of carbonyl (C=O) groups excluding carboxylic acids is 1. The lowest BCUT2D eigenvalue weighted by Gasteiger charge is -2.38. The Morgan fingerprint density at radius 2 is 2.22 bits per heavy atom. The molecule has 0 amide bonds. The third-order valence-corrected chi connectivity index (χ3v) is 3.35. The van der Waals surface area contributed by atoms with E-state index in [1.807, 2.05) is 19.1 Å². The Balaban J connectivity index is 2.10. The molecule has 4 heteroatoms. The predicted octanol–water partition coefficient (Wildman–Crippen LogP) is 2.23. The van der Waals surface area contributed by atoms with Crippen LogP contribution in [0.3, 0.4) is 0 Å². The van der Waals surface area contributed by atoms with Crippen molar-refractivity contribution in [2.45, 2.75) is 13.8 Å². The van der Waals surface area contributed by atoms with Crippen LogP contribution in [0.25, 0.3) is 0 Å². The molecule has 1 aliphatic rings. The molecule has 98 valence electrons. The minimum atomic E-state index is -0.297. The van der Waals surface area contributed by atoms with Crippen LogP contribution in [0, 0.1) is 12.3 Å². The van der Waals surface area contributed by atoms with Crippen molar-refractivity contribution in [1.82, 2.24) is 0 Å². The van der Waals surface area contributed by atoms with Gasteiger partial charge < -0.3 is 14.8 Å². The summed E-state index contributed by atoms with van der Waals surface area (Å²) in [6, 6.07) is 5.62. The molecule has 0 bridgehead atoms. The summed E-state index contributed by atoms with van der Waals surface area (Å²) in [6.07, 6.45) is 0. The number of rotatable bonds is 4. The molecule has 1 aromatic carbocycles. The summed E-state index contributed by atoms with van der Waals surface area (Å²) >= 11 is 0. The van der Waals surface area contributed by atoms with Crippen LogP contribution < -0.4 is 5.32 Å². The van der Waals surface area contributed by atoms with Gasteiger partial charge in [-0.1, -0.05) is 13.0 Å². The zero-order valence-electron chi connectivity index (χ0n) is 11.1. The lowest BCUT2D eigenvalue weighted by Crippen LogP contribution is -2.45. The third kappa shape index (κ3) is 2.48. The molecular weight excluding hydrogens is 230 g/mol. The second-order valence-corrected chi connectivity index (χ2v) is 5.13. The zero-order valence-corrected chi connectivity index (χ0v) is 11.1. The summed E-state index contributed by atoms with van der Waals surface area (Å²) in [6.45, 7) is 6.53. The van der Waals surface area contributed by atoms with Gasteiger partial charge in [0.05, 0.1) is 25.9 Å². The van der Waals surface area contributed by atoms with Gasteiger partial charge in [-0.3, -0.25) is 0 Å². The highest BCUT2D eigenvalue weighted by atomic mass is 16.5. The fraction of sp³-hybridized carbons (Fsp3) is 0.500. The number of anilines is 1. The van der Waals surface area contributed by atoms with E-state index in [0.29, 0.717) is 5.56 Å². The molecule has 0 saturated carbocycles. The molecule has 0 atom stereocenters. The number of benzene rings is 1. The van der Waals surface area contributed by atoms with Crippen molar-refractivity contribution in [3.63, 3.8) is 0 Å². The molecule has 0 spiro atoms. The van der Waals surface area contributed by atoms with E-state index >= 15 is 0 Å². The van der Waals surface area contributed by atoms with Crippen LogP contribution in [-0.2, 0) is 9.47 Å². The quantitative estimate of drug-likeness (QED) is 0.831. The van der Waals surface area contributed by atoms with Crippen molar-refractivity contribution < 1.29 is 14.3 Å². The lowest BCUT2D eigenvalue weighted by atomic mass is 9.88. The predicted molar refractivity (Wildman–Crippen MR) is 69.9 cm³/mol. The van der Waals surface area contributed by atoms with Crippen LogP contribution in [-0.4, -0.2) is 32.8 Å². The number of methoxy groups -OCH3 is 1. The highest BCUT2D eigenvalue weighted by Gasteiger charge is 2.33. The average Bonchev–Trinajstić information content (AvgIpc) is 2.34. The molecule has 1 aromatic rings. The van der Waals surface area contributed by atoms with Crippen LogP contribution >= 0.6 is 0 Å². The molecule has 0 unspecified atom stereocenters. The van der Waals surface area contributed by atoms with E-state index in [1.54, 1.807) is 6.07 Å². The number of hydrogen-bond acceptors (Lipinski definition) is 4. The molecule has 1 heterocycles. The van der Waals surface area contributed by atoms with Crippen LogP contribution in [0.2, 0.25) is 0 Å². The molecule has 2 rings (SSSR count). The summed E-state index contributed by atoms with van der Waals surface area (Å²) in [5, 5.41) is 3.39. The molecule has 0 radical (unpaired) electrons. The number of carbonyl (C=O) groups is 1. The van der Waals surface area contributed by atoms with Crippen molar-refractivity contribution in [2.75, 3.05) is 32.2 Å². The van der Waals surface area contributed by atoms with Crippen molar-refractivity contribution in [2.24, 2.45) is 5.41 Å². The van der Waals surface area contributed by atoms with Crippen molar-refractivity contribution in [3.8, 4) is 0 Å². The number of esters is 1. The molecular formula is C14H19NO3. The topological polar surface area (TPSA) is 47.6 Å². The highest BCUT2D eigenvalue weighted by molar-refractivity contribution is 5.92. The summed E-state index contributed by atoms with van der Waals surface area (Å²) < 4.78 is 9.98. The van der Waals surface area contributed by atoms with Gasteiger partial charge in [0, 0.05) is 17.6 Å². The zero-order chi connectivity index (χ0) is 13.2. The molecule has 18 heavy (non-hydrogen) atoms. The van der Waals surface area contributed by atoms with Crippen molar-refractivity contribution in [3.05, 3.63) is 29.3 Å². The number of hydrogen-bond donors (Lipinski definition) is 1. The van der Waals surface area contributed by atoms with Crippen LogP contribution in [0.5, 0.6) is 0 Å². The second-order valence-electron chi connectivity index (χ2n) is 5.13. The van der Waals surface area contributed by atoms with Crippen molar-refractivity contribution in [1.29, 1.82) is 0 Å². The first-order valence-corrected chi connectivity index (χ1v) is 6.05. The second kappa shape index (κ2) is 4.98. The maximum Gasteiger partial charge on any atom is 0.338 e. The van der Waals surface area contributed by atoms with Gasteiger partial charge in [0.1, 0.15) is 0 Å². The smallest absolute Gasteiger partial charge is 0.338 e. The first kappa shape index (κ1) is 12.9. The summed E-state index contributed by atoms with van der Waals surface area (Å²) in [5.74, 6) is -0.297. The largest absolute Gasteiger partial charge is 0.465 e. The van der Waals surface area contributed by atoms with E-state index in [1.165, 1.54) is 7.11 Å². The maximum atomic E-state index is 11.6. The summed E-state index contributed by atoms with van der Waals surface area (Å²) in [7, 11) is 1.40. The molecule has 0 aromatic heterocycles. The Hall–Kier alpha value is -1.55. The Kier molecular flexibility index (Phi) is 3.57. The standard InChI is InChI=1S/C14H19NO3/c1-10-11(13(16)17-3)5-4-6-12(10)15-7-14(2)8-18-9-14/h4-6,15H,7-9H2,1-3H3. The van der Waals surface area contributed by atoms with E-state index in [-0.39, 0.29) is 11.4 Å². The Morgan fingerprint density at radius 3 is 2.78 bits per heavy atom. The SMILES string of the molecule is COC(=O)c1cccc(NCC2(C)COC2)c1C. The van der Waals surface area contributed by atoms with Crippen LogP contribution in [0.1, 0.15) is 22.8 Å². The van der Waals surface area contributed by atoms with Gasteiger partial charge in [-0.15, -0.1) is 0 Å². The lowest BCUT2D eigenvalue weighted by molar-refractivity contribution is -0.0924. The molecule has 1 N–H and O–H groups in total. The van der Waals surface area contributed by atoms with Gasteiger partial charge >= 0.3 is 5.97 Å². The van der Waals surface area contributed by atoms with E-state index in [2.05, 4.69) is 12.2 Å². The molecule has 1 fully saturated rings. The maximum absolute atomic E-state index is 11.6. The van der Waals surface area contributed by atoms with Gasteiger partial charge in [0.15, 0.2) is 0 Å². The normalized spacial score (nSPS) is 16.8. The average molecular weight is 249 g/mol. The highest BCUT2D eigenvalue weighted by Crippen LogP contribution is 2.28. The summed E-state index contributed by atoms with van der Waals surface area (Å²) in [4.78, 5) is 11.6. The van der Waals surface area contributed by atoms with Crippen LogP contribution in [0.4, 0.5) is 5.69 Å². The molecule has 1 aliphatic heterocycles. The van der Waals surface area contributed by atoms with E-state index in [0.717, 1.165) is 31.0 Å². The van der Waals surface area contributed by atoms with Gasteiger partial charge in [-0.2, -0.15) is 0 Å². The molecule has 0 aliphatic carbocycles. The number of ether oxygens (including phenoxy) is 2. The third-order valence-electron chi connectivity index (χ3n) is 3.35. The van der Waals surface area contributed by atoms with E-state index in [4.69, 9.17) is 9.47 Å². The van der Waals surface area contributed by atoms with Gasteiger partial charge in [0.25, 0.3) is 0 Å². The van der Waals surface area contributed by atoms with Crippen LogP contribution in [0.15, 0.2) is 18.2 Å². The number of nitrogens with one attached hydrogen (secondary N) is 1. The van der Waals surface area contributed by atoms with Gasteiger partial charge in [-0.25, -0.2) is 4.79 Å². The fourth-order valence-electron chi connectivity index (χ4n) is 2.02. The molecule has 1 saturated heterocycles. The minimum Gasteiger partial charge on any atom is -0.465 e. The van der Waals surface area contributed by atoms with E-state index in [9.17, 15) is 4.79 Å². The van der Waals surface area contributed by atoms with Gasteiger partial charge in [0.2, 0.25) is 0 Å². The Bertz CT molecular complexity index is 452. The Labute approximate surface area is 107 Å². The summed E-state index contributed by atoms with van der Waals surface area (Å²) in [5.41, 5.74) is 2.71. The van der Waals surface area contributed by atoms with Crippen molar-refractivity contribution >= 4 is 11.7 Å².